The molecule has 3 aliphatic heterocycles. The first-order valence-electron chi connectivity index (χ1n) is 19.8. The third-order valence-corrected chi connectivity index (χ3v) is 11.5. The van der Waals surface area contributed by atoms with Crippen LogP contribution in [-0.4, -0.2) is 129 Å². The molecular weight excluding hydrogens is 732 g/mol. The minimum absolute atomic E-state index is 0.0884. The molecule has 0 spiro atoms. The molecule has 0 aliphatic carbocycles. The molecule has 0 N–H and O–H groups in total. The van der Waals surface area contributed by atoms with Crippen molar-refractivity contribution in [3.63, 3.8) is 0 Å². The number of quaternary nitrogens is 2. The number of likely N-dealkylation sites (N-methyl/N-ethyl adjacent to an activating group) is 1. The number of carbonyl (C=O) groups excluding carboxylic acids is 2. The summed E-state index contributed by atoms with van der Waals surface area (Å²) in [5.41, 5.74) is 4.73. The second kappa shape index (κ2) is 19.4. The van der Waals surface area contributed by atoms with E-state index in [0.717, 1.165) is 90.3 Å². The number of benzene rings is 3. The second-order valence-electron chi connectivity index (χ2n) is 15.1. The fourth-order valence-corrected chi connectivity index (χ4v) is 8.33. The second-order valence-corrected chi connectivity index (χ2v) is 15.1. The van der Waals surface area contributed by atoms with Gasteiger partial charge >= 0.3 is 11.9 Å². The topological polar surface area (TPSA) is 117 Å². The first-order chi connectivity index (χ1) is 27.7. The van der Waals surface area contributed by atoms with Gasteiger partial charge in [-0.05, 0) is 53.6 Å². The molecule has 3 aliphatic rings. The summed E-state index contributed by atoms with van der Waals surface area (Å²) in [5, 5.41) is 0. The van der Waals surface area contributed by atoms with E-state index in [9.17, 15) is 9.59 Å². The van der Waals surface area contributed by atoms with E-state index < -0.39 is 11.9 Å². The SMILES string of the molecule is COc1ccc(C[C@@H]2c3cc(OC)c(OC)cc3CC[N+]2(C)CCCOC(=O)/C=C\C(=O)OCCC[N+]2(Cc3ccc4c(c3)OCCO4)CCOCC2)cc1OC. The van der Waals surface area contributed by atoms with Gasteiger partial charge < -0.3 is 51.6 Å². The van der Waals surface area contributed by atoms with Gasteiger partial charge in [0.15, 0.2) is 34.5 Å². The molecule has 0 bridgehead atoms. The predicted octanol–water partition coefficient (Wildman–Crippen LogP) is 5.25. The molecule has 13 nitrogen and oxygen atoms in total. The van der Waals surface area contributed by atoms with Crippen LogP contribution in [0.5, 0.6) is 34.5 Å². The molecule has 57 heavy (non-hydrogen) atoms. The van der Waals surface area contributed by atoms with Gasteiger partial charge in [-0.3, -0.25) is 0 Å². The van der Waals surface area contributed by atoms with Crippen molar-refractivity contribution in [1.29, 1.82) is 0 Å². The molecule has 0 amide bonds. The average Bonchev–Trinajstić information content (AvgIpc) is 3.24. The van der Waals surface area contributed by atoms with Crippen molar-refractivity contribution in [3.8, 4) is 34.5 Å². The highest BCUT2D eigenvalue weighted by Gasteiger charge is 2.40. The van der Waals surface area contributed by atoms with E-state index in [1.807, 2.05) is 18.2 Å². The summed E-state index contributed by atoms with van der Waals surface area (Å²) in [6.45, 7) is 8.04. The summed E-state index contributed by atoms with van der Waals surface area (Å²) in [6.07, 6.45) is 5.23. The Morgan fingerprint density at radius 2 is 1.30 bits per heavy atom. The van der Waals surface area contributed by atoms with E-state index in [-0.39, 0.29) is 19.3 Å². The van der Waals surface area contributed by atoms with Crippen molar-refractivity contribution in [1.82, 2.24) is 0 Å². The summed E-state index contributed by atoms with van der Waals surface area (Å²) in [7, 11) is 8.84. The summed E-state index contributed by atoms with van der Waals surface area (Å²) in [4.78, 5) is 25.2. The molecule has 0 saturated carbocycles. The Bertz CT molecular complexity index is 1870. The Morgan fingerprint density at radius 1 is 0.684 bits per heavy atom. The van der Waals surface area contributed by atoms with E-state index in [1.165, 1.54) is 16.7 Å². The van der Waals surface area contributed by atoms with E-state index in [1.54, 1.807) is 28.4 Å². The van der Waals surface area contributed by atoms with E-state index in [2.05, 4.69) is 37.4 Å². The van der Waals surface area contributed by atoms with Crippen LogP contribution in [0.4, 0.5) is 0 Å². The van der Waals surface area contributed by atoms with Gasteiger partial charge in [-0.1, -0.05) is 6.07 Å². The van der Waals surface area contributed by atoms with Crippen LogP contribution in [0.3, 0.4) is 0 Å². The third kappa shape index (κ3) is 10.5. The third-order valence-electron chi connectivity index (χ3n) is 11.5. The zero-order valence-electron chi connectivity index (χ0n) is 34.0. The molecule has 1 unspecified atom stereocenters. The molecule has 3 heterocycles. The zero-order valence-corrected chi connectivity index (χ0v) is 34.0. The maximum atomic E-state index is 12.6. The molecule has 3 aromatic rings. The van der Waals surface area contributed by atoms with E-state index >= 15 is 0 Å². The summed E-state index contributed by atoms with van der Waals surface area (Å²) >= 11 is 0. The quantitative estimate of drug-likeness (QED) is 0.0729. The number of ether oxygens (including phenoxy) is 9. The van der Waals surface area contributed by atoms with Crippen LogP contribution < -0.4 is 28.4 Å². The van der Waals surface area contributed by atoms with Gasteiger partial charge in [0.25, 0.3) is 0 Å². The highest BCUT2D eigenvalue weighted by Crippen LogP contribution is 2.43. The standard InChI is InChI=1S/C44H58N2O11/c1-45(17-14-34-29-40(51-4)41(52-5)30-35(34)36(45)26-32-8-10-37(49-2)39(27-32)50-3)15-6-20-56-43(47)12-13-44(48)57-21-7-16-46(18-22-53-23-19-46)31-33-9-11-38-42(28-33)55-25-24-54-38/h8-13,27-30,36H,6-7,14-26,31H2,1-5H3/q+2/b13-12-/t36-,45?/m1/s1. The van der Waals surface area contributed by atoms with Gasteiger partial charge in [-0.15, -0.1) is 0 Å². The lowest BCUT2D eigenvalue weighted by Gasteiger charge is -2.46. The van der Waals surface area contributed by atoms with Gasteiger partial charge in [0, 0.05) is 49.0 Å². The molecule has 13 heteroatoms. The van der Waals surface area contributed by atoms with Crippen LogP contribution >= 0.6 is 0 Å². The molecule has 0 radical (unpaired) electrons. The molecule has 1 saturated heterocycles. The fraction of sp³-hybridized carbons (Fsp3) is 0.500. The Balaban J connectivity index is 0.990. The zero-order chi connectivity index (χ0) is 40.3. The van der Waals surface area contributed by atoms with Gasteiger partial charge in [0.2, 0.25) is 0 Å². The number of nitrogens with zero attached hydrogens (tertiary/aromatic N) is 2. The minimum Gasteiger partial charge on any atom is -0.493 e. The van der Waals surface area contributed by atoms with Crippen molar-refractivity contribution >= 4 is 11.9 Å². The highest BCUT2D eigenvalue weighted by atomic mass is 16.6. The lowest BCUT2D eigenvalue weighted by Crippen LogP contribution is -2.55. The van der Waals surface area contributed by atoms with Crippen LogP contribution in [0.15, 0.2) is 60.7 Å². The molecule has 308 valence electrons. The molecule has 1 fully saturated rings. The maximum Gasteiger partial charge on any atom is 0.331 e. The van der Waals surface area contributed by atoms with Gasteiger partial charge in [0.1, 0.15) is 38.9 Å². The van der Waals surface area contributed by atoms with Crippen molar-refractivity contribution < 1.29 is 61.2 Å². The normalized spacial score (nSPS) is 19.6. The number of methoxy groups -OCH3 is 4. The van der Waals surface area contributed by atoms with E-state index in [4.69, 9.17) is 42.6 Å². The Kier molecular flexibility index (Phi) is 14.2. The number of hydrogen-bond donors (Lipinski definition) is 0. The number of esters is 2. The van der Waals surface area contributed by atoms with Crippen LogP contribution in [0, 0.1) is 0 Å². The predicted molar refractivity (Wildman–Crippen MR) is 212 cm³/mol. The van der Waals surface area contributed by atoms with Gasteiger partial charge in [0.05, 0.1) is 81.5 Å². The van der Waals surface area contributed by atoms with Crippen molar-refractivity contribution in [2.75, 3.05) is 108 Å². The lowest BCUT2D eigenvalue weighted by atomic mass is 9.86. The summed E-state index contributed by atoms with van der Waals surface area (Å²) in [5.74, 6) is 3.19. The highest BCUT2D eigenvalue weighted by molar-refractivity contribution is 5.91. The first-order valence-corrected chi connectivity index (χ1v) is 19.8. The average molecular weight is 791 g/mol. The van der Waals surface area contributed by atoms with Crippen LogP contribution in [0.2, 0.25) is 0 Å². The smallest absolute Gasteiger partial charge is 0.331 e. The number of carbonyl (C=O) groups is 2. The number of morpholine rings is 1. The van der Waals surface area contributed by atoms with Crippen LogP contribution in [0.25, 0.3) is 0 Å². The van der Waals surface area contributed by atoms with E-state index in [0.29, 0.717) is 62.3 Å². The Hall–Kier alpha value is -4.98. The fourth-order valence-electron chi connectivity index (χ4n) is 8.33. The number of fused-ring (bicyclic) bond motifs is 2. The summed E-state index contributed by atoms with van der Waals surface area (Å²) in [6, 6.07) is 16.5. The Morgan fingerprint density at radius 3 is 1.98 bits per heavy atom. The number of hydrogen-bond acceptors (Lipinski definition) is 11. The molecule has 2 atom stereocenters. The van der Waals surface area contributed by atoms with Crippen molar-refractivity contribution in [2.24, 2.45) is 0 Å². The van der Waals surface area contributed by atoms with Crippen LogP contribution in [-0.2, 0) is 43.2 Å². The van der Waals surface area contributed by atoms with Gasteiger partial charge in [-0.2, -0.15) is 0 Å². The lowest BCUT2D eigenvalue weighted by molar-refractivity contribution is -0.947. The van der Waals surface area contributed by atoms with Crippen LogP contribution in [0.1, 0.15) is 41.1 Å². The van der Waals surface area contributed by atoms with Gasteiger partial charge in [-0.25, -0.2) is 9.59 Å². The molecule has 0 aromatic heterocycles. The Labute approximate surface area is 336 Å². The minimum atomic E-state index is -0.574. The monoisotopic (exact) mass is 790 g/mol. The van der Waals surface area contributed by atoms with Crippen molar-refractivity contribution in [3.05, 3.63) is 82.9 Å². The molecular formula is C44H58N2O11+2. The number of rotatable bonds is 18. The first kappa shape index (κ1) is 41.6. The maximum absolute atomic E-state index is 12.6. The van der Waals surface area contributed by atoms with Crippen molar-refractivity contribution in [2.45, 2.75) is 38.3 Å². The molecule has 6 rings (SSSR count). The summed E-state index contributed by atoms with van der Waals surface area (Å²) < 4.78 is 52.2. The largest absolute Gasteiger partial charge is 0.493 e. The molecule has 3 aromatic carbocycles.